The summed E-state index contributed by atoms with van der Waals surface area (Å²) in [5, 5.41) is 0. The molecule has 0 unspecified atom stereocenters. The highest BCUT2D eigenvalue weighted by Gasteiger charge is 2.35. The number of fused-ring (bicyclic) bond motifs is 1. The molecule has 0 amide bonds. The van der Waals surface area contributed by atoms with Crippen LogP contribution in [0.15, 0.2) is 106 Å². The van der Waals surface area contributed by atoms with Gasteiger partial charge < -0.3 is 23.7 Å². The molecule has 5 aromatic rings. The van der Waals surface area contributed by atoms with Crippen LogP contribution in [-0.4, -0.2) is 38.5 Å². The van der Waals surface area contributed by atoms with Crippen LogP contribution in [0.2, 0.25) is 0 Å². The van der Waals surface area contributed by atoms with Crippen LogP contribution in [0.1, 0.15) is 35.2 Å². The Bertz CT molecular complexity index is 2210. The Morgan fingerprint density at radius 3 is 2.27 bits per heavy atom. The number of thiazole rings is 1. The average molecular weight is 789 g/mol. The SMILES string of the molecule is CCOC(=O)C1=C(c2ccccc2)N=c2s/c(=C\c3cc(I)c(OCc4ccccc4)c(OC)c3)c(=O)n2[C@@H]1c1ccc(OC)c(OC)c1. The fraction of sp³-hybridized carbons (Fsp3) is 0.184. The number of ether oxygens (including phenoxy) is 5. The van der Waals surface area contributed by atoms with Gasteiger partial charge in [-0.3, -0.25) is 9.36 Å². The summed E-state index contributed by atoms with van der Waals surface area (Å²) in [6.07, 6.45) is 1.80. The van der Waals surface area contributed by atoms with Crippen LogP contribution in [0.5, 0.6) is 23.0 Å². The van der Waals surface area contributed by atoms with Crippen LogP contribution in [0, 0.1) is 3.57 Å². The number of benzene rings is 4. The first-order chi connectivity index (χ1) is 23.9. The number of esters is 1. The maximum Gasteiger partial charge on any atom is 0.338 e. The maximum atomic E-state index is 14.4. The van der Waals surface area contributed by atoms with Crippen molar-refractivity contribution < 1.29 is 28.5 Å². The number of nitrogens with zero attached hydrogens (tertiary/aromatic N) is 2. The van der Waals surface area contributed by atoms with Crippen molar-refractivity contribution in [3.8, 4) is 23.0 Å². The van der Waals surface area contributed by atoms with Crippen LogP contribution >= 0.6 is 33.9 Å². The molecule has 0 fully saturated rings. The van der Waals surface area contributed by atoms with Crippen LogP contribution < -0.4 is 33.8 Å². The zero-order valence-corrected chi connectivity index (χ0v) is 30.2. The van der Waals surface area contributed by atoms with E-state index in [9.17, 15) is 9.59 Å². The maximum absolute atomic E-state index is 14.4. The molecule has 0 bridgehead atoms. The fourth-order valence-electron chi connectivity index (χ4n) is 5.62. The highest BCUT2D eigenvalue weighted by molar-refractivity contribution is 14.1. The van der Waals surface area contributed by atoms with E-state index < -0.39 is 12.0 Å². The molecule has 0 saturated heterocycles. The van der Waals surface area contributed by atoms with E-state index in [4.69, 9.17) is 28.7 Å². The van der Waals surface area contributed by atoms with Crippen molar-refractivity contribution in [3.05, 3.63) is 142 Å². The molecule has 0 N–H and O–H groups in total. The standard InChI is InChI=1S/C38H33IN2O7S/c1-5-47-37(43)32-33(25-14-10-7-11-15-25)40-38-41(34(32)26-16-17-28(44-2)29(21-26)45-3)36(42)31(49-38)20-24-18-27(39)35(30(19-24)46-4)48-22-23-12-8-6-9-13-23/h6-21,34H,5,22H2,1-4H3/b31-20-/t34-/m1/s1. The van der Waals surface area contributed by atoms with Gasteiger partial charge in [0.1, 0.15) is 6.61 Å². The molecule has 0 saturated carbocycles. The Morgan fingerprint density at radius 1 is 0.898 bits per heavy atom. The predicted molar refractivity (Wildman–Crippen MR) is 197 cm³/mol. The zero-order chi connectivity index (χ0) is 34.5. The van der Waals surface area contributed by atoms with E-state index in [0.29, 0.717) is 50.2 Å². The van der Waals surface area contributed by atoms with Crippen molar-refractivity contribution in [2.24, 2.45) is 4.99 Å². The Balaban J connectivity index is 1.53. The molecular formula is C38H33IN2O7S. The summed E-state index contributed by atoms with van der Waals surface area (Å²) in [6, 6.07) is 27.6. The average Bonchev–Trinajstić information content (AvgIpc) is 3.44. The monoisotopic (exact) mass is 788 g/mol. The molecule has 1 aliphatic heterocycles. The number of aromatic nitrogens is 1. The minimum absolute atomic E-state index is 0.152. The Morgan fingerprint density at radius 2 is 1.59 bits per heavy atom. The van der Waals surface area contributed by atoms with Crippen molar-refractivity contribution >= 4 is 51.7 Å². The van der Waals surface area contributed by atoms with E-state index in [0.717, 1.165) is 20.3 Å². The lowest BCUT2D eigenvalue weighted by Crippen LogP contribution is -2.40. The number of rotatable bonds is 11. The second-order valence-corrected chi connectivity index (χ2v) is 13.0. The van der Waals surface area contributed by atoms with E-state index in [1.807, 2.05) is 78.9 Å². The Kier molecular flexibility index (Phi) is 10.5. The summed E-state index contributed by atoms with van der Waals surface area (Å²) in [5.41, 5.74) is 3.50. The summed E-state index contributed by atoms with van der Waals surface area (Å²) in [6.45, 7) is 2.28. The van der Waals surface area contributed by atoms with E-state index >= 15 is 0 Å². The first kappa shape index (κ1) is 34.0. The number of methoxy groups -OCH3 is 3. The molecule has 11 heteroatoms. The lowest BCUT2D eigenvalue weighted by molar-refractivity contribution is -0.138. The summed E-state index contributed by atoms with van der Waals surface area (Å²) >= 11 is 3.45. The molecule has 0 spiro atoms. The fourth-order valence-corrected chi connectivity index (χ4v) is 7.41. The topological polar surface area (TPSA) is 97.6 Å². The van der Waals surface area contributed by atoms with Crippen molar-refractivity contribution in [1.29, 1.82) is 0 Å². The molecule has 6 rings (SSSR count). The van der Waals surface area contributed by atoms with Crippen LogP contribution in [0.25, 0.3) is 11.8 Å². The largest absolute Gasteiger partial charge is 0.493 e. The molecule has 2 heterocycles. The first-order valence-corrected chi connectivity index (χ1v) is 17.3. The molecule has 1 aromatic heterocycles. The van der Waals surface area contributed by atoms with Gasteiger partial charge in [-0.05, 0) is 76.5 Å². The van der Waals surface area contributed by atoms with Crippen molar-refractivity contribution in [1.82, 2.24) is 4.57 Å². The molecule has 0 radical (unpaired) electrons. The molecule has 1 aliphatic rings. The summed E-state index contributed by atoms with van der Waals surface area (Å²) in [7, 11) is 4.68. The third-order valence-corrected chi connectivity index (χ3v) is 9.66. The van der Waals surface area contributed by atoms with E-state index in [1.165, 1.54) is 18.4 Å². The van der Waals surface area contributed by atoms with E-state index in [-0.39, 0.29) is 17.7 Å². The molecule has 250 valence electrons. The molecule has 49 heavy (non-hydrogen) atoms. The number of carbonyl (C=O) groups is 1. The van der Waals surface area contributed by atoms with Crippen molar-refractivity contribution in [2.45, 2.75) is 19.6 Å². The zero-order valence-electron chi connectivity index (χ0n) is 27.3. The number of halogens is 1. The molecule has 0 aliphatic carbocycles. The number of hydrogen-bond acceptors (Lipinski definition) is 9. The third kappa shape index (κ3) is 6.99. The summed E-state index contributed by atoms with van der Waals surface area (Å²) < 4.78 is 31.4. The summed E-state index contributed by atoms with van der Waals surface area (Å²) in [5.74, 6) is 1.57. The third-order valence-electron chi connectivity index (χ3n) is 7.87. The van der Waals surface area contributed by atoms with Crippen molar-refractivity contribution in [2.75, 3.05) is 27.9 Å². The highest BCUT2D eigenvalue weighted by Crippen LogP contribution is 2.39. The quantitative estimate of drug-likeness (QED) is 0.117. The predicted octanol–water partition coefficient (Wildman–Crippen LogP) is 6.15. The second-order valence-electron chi connectivity index (χ2n) is 10.9. The smallest absolute Gasteiger partial charge is 0.338 e. The van der Waals surface area contributed by atoms with Crippen molar-refractivity contribution in [3.63, 3.8) is 0 Å². The van der Waals surface area contributed by atoms with E-state index in [2.05, 4.69) is 22.6 Å². The van der Waals surface area contributed by atoms with Gasteiger partial charge in [0, 0.05) is 5.56 Å². The van der Waals surface area contributed by atoms with Crippen LogP contribution in [0.4, 0.5) is 0 Å². The van der Waals surface area contributed by atoms with Gasteiger partial charge in [0.05, 0.1) is 53.4 Å². The minimum atomic E-state index is -0.865. The first-order valence-electron chi connectivity index (χ1n) is 15.4. The van der Waals surface area contributed by atoms with Gasteiger partial charge in [0.15, 0.2) is 27.8 Å². The number of carbonyl (C=O) groups excluding carboxylic acids is 1. The van der Waals surface area contributed by atoms with Gasteiger partial charge in [0.25, 0.3) is 5.56 Å². The van der Waals surface area contributed by atoms with Gasteiger partial charge in [-0.25, -0.2) is 9.79 Å². The lowest BCUT2D eigenvalue weighted by atomic mass is 9.93. The van der Waals surface area contributed by atoms with Gasteiger partial charge in [-0.15, -0.1) is 0 Å². The van der Waals surface area contributed by atoms with Gasteiger partial charge >= 0.3 is 5.97 Å². The Hall–Kier alpha value is -4.88. The Labute approximate surface area is 300 Å². The normalized spacial score (nSPS) is 14.1. The van der Waals surface area contributed by atoms with Crippen LogP contribution in [-0.2, 0) is 16.1 Å². The second kappa shape index (κ2) is 15.1. The molecule has 9 nitrogen and oxygen atoms in total. The number of hydrogen-bond donors (Lipinski definition) is 0. The van der Waals surface area contributed by atoms with Gasteiger partial charge in [-0.1, -0.05) is 78.1 Å². The molecular weight excluding hydrogens is 755 g/mol. The molecule has 4 aromatic carbocycles. The minimum Gasteiger partial charge on any atom is -0.493 e. The van der Waals surface area contributed by atoms with Crippen LogP contribution in [0.3, 0.4) is 0 Å². The van der Waals surface area contributed by atoms with Gasteiger partial charge in [0.2, 0.25) is 0 Å². The lowest BCUT2D eigenvalue weighted by Gasteiger charge is -2.26. The van der Waals surface area contributed by atoms with Gasteiger partial charge in [-0.2, -0.15) is 0 Å². The highest BCUT2D eigenvalue weighted by atomic mass is 127. The molecule has 1 atom stereocenters. The summed E-state index contributed by atoms with van der Waals surface area (Å²) in [4.78, 5) is 33.6. The van der Waals surface area contributed by atoms with E-state index in [1.54, 1.807) is 43.9 Å².